The Kier molecular flexibility index (Phi) is 5.67. The van der Waals surface area contributed by atoms with Crippen LogP contribution in [0.2, 0.25) is 5.02 Å². The molecule has 1 fully saturated rings. The molecule has 9 heteroatoms. The molecule has 0 bridgehead atoms. The van der Waals surface area contributed by atoms with Crippen molar-refractivity contribution in [2.75, 3.05) is 13.1 Å². The zero-order valence-corrected chi connectivity index (χ0v) is 16.2. The van der Waals surface area contributed by atoms with E-state index in [1.807, 2.05) is 13.8 Å². The smallest absolute Gasteiger partial charge is 0.270 e. The summed E-state index contributed by atoms with van der Waals surface area (Å²) in [6.45, 7) is 4.93. The molecule has 1 aromatic heterocycles. The Labute approximate surface area is 164 Å². The second-order valence-electron chi connectivity index (χ2n) is 5.54. The molecule has 0 atom stereocenters. The van der Waals surface area contributed by atoms with Crippen LogP contribution in [0, 0.1) is 10.1 Å². The van der Waals surface area contributed by atoms with Crippen LogP contribution in [-0.4, -0.2) is 34.0 Å². The molecule has 1 aliphatic heterocycles. The molecule has 1 aromatic carbocycles. The van der Waals surface area contributed by atoms with Gasteiger partial charge in [-0.05, 0) is 43.8 Å². The molecule has 27 heavy (non-hydrogen) atoms. The molecule has 7 nitrogen and oxygen atoms in total. The molecule has 0 aliphatic carbocycles. The minimum absolute atomic E-state index is 0.0776. The first-order chi connectivity index (χ1) is 12.9. The number of benzene rings is 1. The van der Waals surface area contributed by atoms with Crippen molar-refractivity contribution in [3.8, 4) is 11.3 Å². The van der Waals surface area contributed by atoms with E-state index in [2.05, 4.69) is 4.99 Å². The van der Waals surface area contributed by atoms with Crippen molar-refractivity contribution in [1.82, 2.24) is 4.90 Å². The lowest BCUT2D eigenvalue weighted by Gasteiger charge is -2.11. The topological polar surface area (TPSA) is 89.0 Å². The van der Waals surface area contributed by atoms with E-state index in [4.69, 9.17) is 16.0 Å². The Morgan fingerprint density at radius 2 is 2.11 bits per heavy atom. The predicted molar refractivity (Wildman–Crippen MR) is 107 cm³/mol. The maximum Gasteiger partial charge on any atom is 0.270 e. The van der Waals surface area contributed by atoms with Gasteiger partial charge in [-0.1, -0.05) is 11.6 Å². The Bertz CT molecular complexity index is 967. The third-order valence-corrected chi connectivity index (χ3v) is 5.20. The van der Waals surface area contributed by atoms with Gasteiger partial charge in [-0.3, -0.25) is 24.8 Å². The normalized spacial score (nSPS) is 17.3. The van der Waals surface area contributed by atoms with E-state index in [1.165, 1.54) is 30.0 Å². The second-order valence-corrected chi connectivity index (χ2v) is 6.96. The Balaban J connectivity index is 1.92. The Hall–Kier alpha value is -2.58. The minimum atomic E-state index is -0.493. The summed E-state index contributed by atoms with van der Waals surface area (Å²) in [6, 6.07) is 7.51. The fraction of sp³-hybridized carbons (Fsp3) is 0.222. The fourth-order valence-corrected chi connectivity index (χ4v) is 3.86. The van der Waals surface area contributed by atoms with Crippen molar-refractivity contribution in [2.24, 2.45) is 4.99 Å². The van der Waals surface area contributed by atoms with Gasteiger partial charge in [0.15, 0.2) is 5.17 Å². The number of amidine groups is 1. The number of halogens is 1. The maximum absolute atomic E-state index is 12.5. The van der Waals surface area contributed by atoms with Crippen LogP contribution in [0.25, 0.3) is 17.4 Å². The third-order valence-electron chi connectivity index (χ3n) is 3.82. The molecule has 2 aromatic rings. The van der Waals surface area contributed by atoms with Gasteiger partial charge in [0, 0.05) is 36.9 Å². The average Bonchev–Trinajstić information content (AvgIpc) is 3.21. The number of likely N-dealkylation sites (N-methyl/N-ethyl adjacent to an activating group) is 1. The van der Waals surface area contributed by atoms with E-state index in [1.54, 1.807) is 23.1 Å². The van der Waals surface area contributed by atoms with Crippen LogP contribution in [0.1, 0.15) is 19.6 Å². The first-order valence-electron chi connectivity index (χ1n) is 8.24. The first-order valence-corrected chi connectivity index (χ1v) is 9.44. The number of nitro groups is 1. The molecule has 2 heterocycles. The zero-order valence-electron chi connectivity index (χ0n) is 14.6. The molecule has 0 spiro atoms. The summed E-state index contributed by atoms with van der Waals surface area (Å²) >= 11 is 7.45. The number of carbonyl (C=O) groups excluding carboxylic acids is 1. The van der Waals surface area contributed by atoms with Crippen LogP contribution in [0.3, 0.4) is 0 Å². The number of nitro benzene ring substituents is 1. The summed E-state index contributed by atoms with van der Waals surface area (Å²) in [5, 5.41) is 12.0. The summed E-state index contributed by atoms with van der Waals surface area (Å²) in [4.78, 5) is 29.4. The summed E-state index contributed by atoms with van der Waals surface area (Å²) < 4.78 is 5.75. The van der Waals surface area contributed by atoms with Crippen molar-refractivity contribution < 1.29 is 14.1 Å². The Morgan fingerprint density at radius 1 is 1.33 bits per heavy atom. The van der Waals surface area contributed by atoms with Crippen LogP contribution in [0.5, 0.6) is 0 Å². The largest absolute Gasteiger partial charge is 0.457 e. The van der Waals surface area contributed by atoms with E-state index in [-0.39, 0.29) is 11.6 Å². The average molecular weight is 406 g/mol. The predicted octanol–water partition coefficient (Wildman–Crippen LogP) is 4.82. The lowest BCUT2D eigenvalue weighted by molar-refractivity contribution is -0.384. The number of furan rings is 1. The second kappa shape index (κ2) is 7.98. The number of hydrogen-bond acceptors (Lipinski definition) is 6. The minimum Gasteiger partial charge on any atom is -0.457 e. The molecule has 0 N–H and O–H groups in total. The van der Waals surface area contributed by atoms with Gasteiger partial charge in [-0.2, -0.15) is 0 Å². The van der Waals surface area contributed by atoms with E-state index in [9.17, 15) is 14.9 Å². The van der Waals surface area contributed by atoms with Gasteiger partial charge in [-0.15, -0.1) is 0 Å². The summed E-state index contributed by atoms with van der Waals surface area (Å²) in [6.07, 6.45) is 1.64. The number of aliphatic imine (C=N–C) groups is 1. The van der Waals surface area contributed by atoms with E-state index in [0.29, 0.717) is 45.3 Å². The standard InChI is InChI=1S/C18H16ClN3O4S/c1-3-20-18-21(4-2)17(23)16(27-18)10-12-6-8-15(26-12)13-9-11(22(24)25)5-7-14(13)19/h5-10H,3-4H2,1-2H3/b16-10+,20-18?. The van der Waals surface area contributed by atoms with Gasteiger partial charge in [-0.25, -0.2) is 0 Å². The molecular formula is C18H16ClN3O4S. The highest BCUT2D eigenvalue weighted by atomic mass is 35.5. The van der Waals surface area contributed by atoms with Crippen molar-refractivity contribution in [1.29, 1.82) is 0 Å². The van der Waals surface area contributed by atoms with Crippen LogP contribution >= 0.6 is 23.4 Å². The molecule has 1 aliphatic rings. The molecule has 0 unspecified atom stereocenters. The Morgan fingerprint density at radius 3 is 2.78 bits per heavy atom. The van der Waals surface area contributed by atoms with Gasteiger partial charge >= 0.3 is 0 Å². The monoisotopic (exact) mass is 405 g/mol. The zero-order chi connectivity index (χ0) is 19.6. The van der Waals surface area contributed by atoms with Crippen LogP contribution < -0.4 is 0 Å². The van der Waals surface area contributed by atoms with Crippen molar-refractivity contribution in [3.05, 3.63) is 56.1 Å². The number of non-ortho nitro benzene ring substituents is 1. The third kappa shape index (κ3) is 3.91. The number of thioether (sulfide) groups is 1. The van der Waals surface area contributed by atoms with Crippen molar-refractivity contribution in [2.45, 2.75) is 13.8 Å². The molecule has 3 rings (SSSR count). The van der Waals surface area contributed by atoms with Crippen molar-refractivity contribution in [3.63, 3.8) is 0 Å². The van der Waals surface area contributed by atoms with Crippen LogP contribution in [0.15, 0.2) is 44.6 Å². The summed E-state index contributed by atoms with van der Waals surface area (Å²) in [5.41, 5.74) is 0.343. The lowest BCUT2D eigenvalue weighted by atomic mass is 10.1. The summed E-state index contributed by atoms with van der Waals surface area (Å²) in [7, 11) is 0. The highest BCUT2D eigenvalue weighted by Crippen LogP contribution is 2.35. The first kappa shape index (κ1) is 19.2. The number of hydrogen-bond donors (Lipinski definition) is 0. The number of nitrogens with zero attached hydrogens (tertiary/aromatic N) is 3. The molecule has 0 radical (unpaired) electrons. The maximum atomic E-state index is 12.5. The SMILES string of the molecule is CCN=C1S/C(=C/c2ccc(-c3cc([N+](=O)[O-])ccc3Cl)o2)C(=O)N1CC. The van der Waals surface area contributed by atoms with E-state index >= 15 is 0 Å². The van der Waals surface area contributed by atoms with Gasteiger partial charge in [0.2, 0.25) is 0 Å². The van der Waals surface area contributed by atoms with Crippen molar-refractivity contribution >= 4 is 46.2 Å². The van der Waals surface area contributed by atoms with Gasteiger partial charge < -0.3 is 4.42 Å². The highest BCUT2D eigenvalue weighted by molar-refractivity contribution is 8.18. The molecule has 1 amide bonds. The number of rotatable bonds is 5. The van der Waals surface area contributed by atoms with E-state index in [0.717, 1.165) is 0 Å². The summed E-state index contributed by atoms with van der Waals surface area (Å²) in [5.74, 6) is 0.721. The van der Waals surface area contributed by atoms with Gasteiger partial charge in [0.1, 0.15) is 11.5 Å². The number of carbonyl (C=O) groups is 1. The quantitative estimate of drug-likeness (QED) is 0.404. The molecular weight excluding hydrogens is 390 g/mol. The highest BCUT2D eigenvalue weighted by Gasteiger charge is 2.32. The molecule has 140 valence electrons. The van der Waals surface area contributed by atoms with Gasteiger partial charge in [0.25, 0.3) is 11.6 Å². The molecule has 1 saturated heterocycles. The lowest BCUT2D eigenvalue weighted by Crippen LogP contribution is -2.28. The van der Waals surface area contributed by atoms with E-state index < -0.39 is 4.92 Å². The fourth-order valence-electron chi connectivity index (χ4n) is 2.56. The van der Waals surface area contributed by atoms with Crippen LogP contribution in [-0.2, 0) is 4.79 Å². The van der Waals surface area contributed by atoms with Crippen LogP contribution in [0.4, 0.5) is 5.69 Å². The molecule has 0 saturated carbocycles. The number of amides is 1. The van der Waals surface area contributed by atoms with Gasteiger partial charge in [0.05, 0.1) is 14.9 Å².